The van der Waals surface area contributed by atoms with Gasteiger partial charge in [0.15, 0.2) is 10.8 Å². The number of carbonyl (C=O) groups excluding carboxylic acids is 1. The molecule has 0 spiro atoms. The maximum atomic E-state index is 13.0. The van der Waals surface area contributed by atoms with Crippen LogP contribution in [0.5, 0.6) is 0 Å². The molecule has 0 unspecified atom stereocenters. The Morgan fingerprint density at radius 2 is 2.18 bits per heavy atom. The van der Waals surface area contributed by atoms with Crippen molar-refractivity contribution >= 4 is 50.2 Å². The van der Waals surface area contributed by atoms with Crippen molar-refractivity contribution in [2.75, 3.05) is 29.1 Å². The van der Waals surface area contributed by atoms with E-state index < -0.39 is 0 Å². The van der Waals surface area contributed by atoms with E-state index in [0.29, 0.717) is 17.3 Å². The van der Waals surface area contributed by atoms with Crippen molar-refractivity contribution in [3.63, 3.8) is 0 Å². The Kier molecular flexibility index (Phi) is 5.72. The predicted molar refractivity (Wildman–Crippen MR) is 112 cm³/mol. The van der Waals surface area contributed by atoms with Crippen LogP contribution in [0.1, 0.15) is 19.8 Å². The lowest BCUT2D eigenvalue weighted by molar-refractivity contribution is -0.113. The smallest absolute Gasteiger partial charge is 0.234 e. The standard InChI is InChI=1S/C19H20FN5OS2/c1-12-3-2-8-25(9-12)19-24-17-16(28-19)18(22-11-21-17)27-10-15(26)23-14-6-4-13(20)5-7-14/h4-7,11-12H,2-3,8-10H2,1H3,(H,23,26)/t12-/m1/s1. The highest BCUT2D eigenvalue weighted by Gasteiger charge is 2.21. The van der Waals surface area contributed by atoms with Crippen molar-refractivity contribution < 1.29 is 9.18 Å². The molecule has 1 atom stereocenters. The first-order valence-electron chi connectivity index (χ1n) is 9.13. The highest BCUT2D eigenvalue weighted by atomic mass is 32.2. The second-order valence-electron chi connectivity index (χ2n) is 6.87. The molecule has 3 aromatic rings. The molecule has 0 bridgehead atoms. The van der Waals surface area contributed by atoms with Crippen LogP contribution in [-0.4, -0.2) is 39.7 Å². The number of thiazole rings is 1. The van der Waals surface area contributed by atoms with Crippen LogP contribution in [0.3, 0.4) is 0 Å². The molecule has 3 heterocycles. The zero-order valence-corrected chi connectivity index (χ0v) is 17.0. The van der Waals surface area contributed by atoms with Crippen molar-refractivity contribution in [1.82, 2.24) is 15.0 Å². The number of hydrogen-bond acceptors (Lipinski definition) is 7. The Balaban J connectivity index is 1.44. The Morgan fingerprint density at radius 1 is 1.36 bits per heavy atom. The summed E-state index contributed by atoms with van der Waals surface area (Å²) in [5, 5.41) is 4.49. The third kappa shape index (κ3) is 4.41. The van der Waals surface area contributed by atoms with E-state index in [1.807, 2.05) is 0 Å². The van der Waals surface area contributed by atoms with E-state index in [9.17, 15) is 9.18 Å². The number of aromatic nitrogens is 3. The van der Waals surface area contributed by atoms with Crippen LogP contribution in [0.4, 0.5) is 15.2 Å². The molecule has 1 saturated heterocycles. The molecular weight excluding hydrogens is 397 g/mol. The zero-order valence-electron chi connectivity index (χ0n) is 15.4. The predicted octanol–water partition coefficient (Wildman–Crippen LogP) is 4.19. The molecule has 146 valence electrons. The lowest BCUT2D eigenvalue weighted by Gasteiger charge is -2.30. The molecule has 0 radical (unpaired) electrons. The zero-order chi connectivity index (χ0) is 19.5. The SMILES string of the molecule is C[C@@H]1CCCN(c2nc3ncnc(SCC(=O)Nc4ccc(F)cc4)c3s2)C1. The van der Waals surface area contributed by atoms with Gasteiger partial charge >= 0.3 is 0 Å². The summed E-state index contributed by atoms with van der Waals surface area (Å²) in [4.78, 5) is 27.8. The number of rotatable bonds is 5. The number of piperidine rings is 1. The maximum absolute atomic E-state index is 13.0. The third-order valence-corrected chi connectivity index (χ3v) is 6.77. The number of carbonyl (C=O) groups is 1. The molecule has 1 aromatic carbocycles. The molecule has 1 N–H and O–H groups in total. The summed E-state index contributed by atoms with van der Waals surface area (Å²) in [6, 6.07) is 5.71. The molecule has 1 aliphatic heterocycles. The van der Waals surface area contributed by atoms with Gasteiger partial charge in [0.1, 0.15) is 21.9 Å². The van der Waals surface area contributed by atoms with Crippen molar-refractivity contribution in [2.45, 2.75) is 24.8 Å². The van der Waals surface area contributed by atoms with Crippen molar-refractivity contribution in [3.05, 3.63) is 36.4 Å². The summed E-state index contributed by atoms with van der Waals surface area (Å²) in [6.45, 7) is 4.29. The summed E-state index contributed by atoms with van der Waals surface area (Å²) in [5.41, 5.74) is 1.24. The molecule has 28 heavy (non-hydrogen) atoms. The lowest BCUT2D eigenvalue weighted by Crippen LogP contribution is -2.34. The number of fused-ring (bicyclic) bond motifs is 1. The van der Waals surface area contributed by atoms with E-state index in [0.717, 1.165) is 27.9 Å². The van der Waals surface area contributed by atoms with Crippen molar-refractivity contribution in [1.29, 1.82) is 0 Å². The number of halogens is 1. The molecule has 9 heteroatoms. The number of amides is 1. The van der Waals surface area contributed by atoms with Gasteiger partial charge in [-0.2, -0.15) is 4.98 Å². The van der Waals surface area contributed by atoms with Crippen LogP contribution in [0.25, 0.3) is 10.3 Å². The monoisotopic (exact) mass is 417 g/mol. The number of hydrogen-bond donors (Lipinski definition) is 1. The minimum absolute atomic E-state index is 0.169. The Morgan fingerprint density at radius 3 is 2.96 bits per heavy atom. The van der Waals surface area contributed by atoms with Crippen LogP contribution in [0.2, 0.25) is 0 Å². The summed E-state index contributed by atoms with van der Waals surface area (Å²) in [5.74, 6) is 0.367. The highest BCUT2D eigenvalue weighted by molar-refractivity contribution is 8.00. The van der Waals surface area contributed by atoms with Gasteiger partial charge in [0, 0.05) is 18.8 Å². The van der Waals surface area contributed by atoms with Crippen LogP contribution < -0.4 is 10.2 Å². The van der Waals surface area contributed by atoms with Crippen LogP contribution >= 0.6 is 23.1 Å². The summed E-state index contributed by atoms with van der Waals surface area (Å²) in [7, 11) is 0. The van der Waals surface area contributed by atoms with E-state index >= 15 is 0 Å². The first-order chi connectivity index (χ1) is 13.6. The van der Waals surface area contributed by atoms with Gasteiger partial charge in [-0.25, -0.2) is 14.4 Å². The van der Waals surface area contributed by atoms with E-state index in [4.69, 9.17) is 0 Å². The fraction of sp³-hybridized carbons (Fsp3) is 0.368. The van der Waals surface area contributed by atoms with Gasteiger partial charge in [-0.3, -0.25) is 4.79 Å². The molecular formula is C19H20FN5OS2. The van der Waals surface area contributed by atoms with Crippen LogP contribution in [0, 0.1) is 11.7 Å². The first-order valence-corrected chi connectivity index (χ1v) is 10.9. The minimum atomic E-state index is -0.333. The molecule has 0 saturated carbocycles. The van der Waals surface area contributed by atoms with E-state index in [2.05, 4.69) is 32.1 Å². The second kappa shape index (κ2) is 8.40. The molecule has 1 aliphatic rings. The van der Waals surface area contributed by atoms with Gasteiger partial charge in [-0.1, -0.05) is 30.0 Å². The van der Waals surface area contributed by atoms with Gasteiger partial charge in [-0.05, 0) is 43.0 Å². The minimum Gasteiger partial charge on any atom is -0.348 e. The Labute approximate surface area is 170 Å². The average Bonchev–Trinajstić information content (AvgIpc) is 3.13. The second-order valence-corrected chi connectivity index (χ2v) is 8.81. The first kappa shape index (κ1) is 19.1. The van der Waals surface area contributed by atoms with E-state index in [1.165, 1.54) is 55.2 Å². The quantitative estimate of drug-likeness (QED) is 0.496. The number of nitrogens with zero attached hydrogens (tertiary/aromatic N) is 4. The maximum Gasteiger partial charge on any atom is 0.234 e. The fourth-order valence-electron chi connectivity index (χ4n) is 3.19. The van der Waals surface area contributed by atoms with Gasteiger partial charge in [0.25, 0.3) is 0 Å². The van der Waals surface area contributed by atoms with Gasteiger partial charge in [-0.15, -0.1) is 0 Å². The Hall–Kier alpha value is -2.26. The van der Waals surface area contributed by atoms with Crippen molar-refractivity contribution in [3.8, 4) is 0 Å². The molecule has 2 aromatic heterocycles. The molecule has 1 fully saturated rings. The molecule has 6 nitrogen and oxygen atoms in total. The molecule has 0 aliphatic carbocycles. The summed E-state index contributed by atoms with van der Waals surface area (Å²) < 4.78 is 13.9. The van der Waals surface area contributed by atoms with Crippen molar-refractivity contribution in [2.24, 2.45) is 5.92 Å². The largest absolute Gasteiger partial charge is 0.348 e. The number of benzene rings is 1. The molecule has 1 amide bonds. The van der Waals surface area contributed by atoms with E-state index in [-0.39, 0.29) is 17.5 Å². The number of thioether (sulfide) groups is 1. The number of anilines is 2. The number of nitrogens with one attached hydrogen (secondary N) is 1. The Bertz CT molecular complexity index is 978. The van der Waals surface area contributed by atoms with Crippen LogP contribution in [-0.2, 0) is 4.79 Å². The van der Waals surface area contributed by atoms with Crippen LogP contribution in [0.15, 0.2) is 35.6 Å². The van der Waals surface area contributed by atoms with E-state index in [1.54, 1.807) is 11.3 Å². The van der Waals surface area contributed by atoms with Gasteiger partial charge in [0.2, 0.25) is 5.91 Å². The summed E-state index contributed by atoms with van der Waals surface area (Å²) >= 11 is 2.94. The normalized spacial score (nSPS) is 17.1. The molecule has 4 rings (SSSR count). The topological polar surface area (TPSA) is 71.0 Å². The average molecular weight is 418 g/mol. The third-order valence-electron chi connectivity index (χ3n) is 4.54. The van der Waals surface area contributed by atoms with Gasteiger partial charge in [0.05, 0.1) is 5.75 Å². The lowest BCUT2D eigenvalue weighted by atomic mass is 10.0. The fourth-order valence-corrected chi connectivity index (χ4v) is 5.11. The van der Waals surface area contributed by atoms with Gasteiger partial charge < -0.3 is 10.2 Å². The highest BCUT2D eigenvalue weighted by Crippen LogP contribution is 2.35. The summed E-state index contributed by atoms with van der Waals surface area (Å²) in [6.07, 6.45) is 3.92.